The summed E-state index contributed by atoms with van der Waals surface area (Å²) in [5.41, 5.74) is 2.20. The number of benzene rings is 3. The van der Waals surface area contributed by atoms with Gasteiger partial charge in [0.25, 0.3) is 0 Å². The van der Waals surface area contributed by atoms with Crippen LogP contribution in [0, 0.1) is 11.7 Å². The lowest BCUT2D eigenvalue weighted by Gasteiger charge is -2.31. The molecule has 0 saturated carbocycles. The Morgan fingerprint density at radius 3 is 2.21 bits per heavy atom. The van der Waals surface area contributed by atoms with Gasteiger partial charge in [0.2, 0.25) is 0 Å². The summed E-state index contributed by atoms with van der Waals surface area (Å²) in [5.74, 6) is -0.747. The number of likely N-dealkylation sites (tertiary alicyclic amines) is 1. The predicted octanol–water partition coefficient (Wildman–Crippen LogP) is 4.63. The minimum atomic E-state index is -0.429. The summed E-state index contributed by atoms with van der Waals surface area (Å²) in [6.07, 6.45) is 0.496. The quantitative estimate of drug-likeness (QED) is 0.625. The second-order valence-corrected chi connectivity index (χ2v) is 7.53. The van der Waals surface area contributed by atoms with E-state index >= 15 is 0 Å². The Kier molecular flexibility index (Phi) is 5.84. The first-order valence-electron chi connectivity index (χ1n) is 9.93. The molecule has 0 radical (unpaired) electrons. The molecule has 0 spiro atoms. The molecule has 0 unspecified atom stereocenters. The van der Waals surface area contributed by atoms with Crippen molar-refractivity contribution in [1.82, 2.24) is 4.90 Å². The van der Waals surface area contributed by atoms with Gasteiger partial charge in [-0.1, -0.05) is 78.9 Å². The van der Waals surface area contributed by atoms with Gasteiger partial charge in [0.1, 0.15) is 5.82 Å². The van der Waals surface area contributed by atoms with Crippen molar-refractivity contribution in [1.29, 1.82) is 0 Å². The monoisotopic (exact) mass is 389 g/mol. The number of aliphatic hydroxyl groups is 1. The average Bonchev–Trinajstić information content (AvgIpc) is 3.13. The summed E-state index contributed by atoms with van der Waals surface area (Å²) < 4.78 is 14.8. The summed E-state index contributed by atoms with van der Waals surface area (Å²) in [5, 5.41) is 10.1. The van der Waals surface area contributed by atoms with Gasteiger partial charge in [0.15, 0.2) is 5.78 Å². The van der Waals surface area contributed by atoms with Crippen molar-refractivity contribution >= 4 is 5.78 Å². The van der Waals surface area contributed by atoms with Gasteiger partial charge in [-0.25, -0.2) is 4.39 Å². The van der Waals surface area contributed by atoms with E-state index in [1.165, 1.54) is 6.07 Å². The minimum absolute atomic E-state index is 0.00661. The Hall–Kier alpha value is -2.82. The molecule has 1 fully saturated rings. The molecule has 3 aromatic rings. The lowest BCUT2D eigenvalue weighted by molar-refractivity contribution is 0.0853. The molecule has 1 N–H and O–H groups in total. The number of hydrogen-bond donors (Lipinski definition) is 1. The van der Waals surface area contributed by atoms with Gasteiger partial charge in [-0.3, -0.25) is 9.69 Å². The highest BCUT2D eigenvalue weighted by molar-refractivity contribution is 5.98. The van der Waals surface area contributed by atoms with Crippen molar-refractivity contribution in [3.05, 3.63) is 107 Å². The first-order chi connectivity index (χ1) is 14.2. The molecule has 4 rings (SSSR count). The van der Waals surface area contributed by atoms with E-state index in [9.17, 15) is 14.3 Å². The number of carbonyl (C=O) groups is 1. The van der Waals surface area contributed by atoms with Gasteiger partial charge in [-0.2, -0.15) is 0 Å². The lowest BCUT2D eigenvalue weighted by atomic mass is 9.86. The number of rotatable bonds is 6. The summed E-state index contributed by atoms with van der Waals surface area (Å²) >= 11 is 0. The number of aliphatic hydroxyl groups excluding tert-OH is 1. The average molecular weight is 389 g/mol. The van der Waals surface area contributed by atoms with Crippen LogP contribution in [-0.2, 0) is 6.54 Å². The Morgan fingerprint density at radius 2 is 1.55 bits per heavy atom. The maximum absolute atomic E-state index is 14.8. The van der Waals surface area contributed by atoms with Gasteiger partial charge in [0.05, 0.1) is 6.61 Å². The van der Waals surface area contributed by atoms with E-state index in [-0.39, 0.29) is 24.2 Å². The fraction of sp³-hybridized carbons (Fsp3) is 0.240. The standard InChI is InChI=1S/C25H24FNO2/c26-23-14-8-7-13-21(23)24-22(25(29)19-11-5-2-6-12-19)15-20(17-28)27(24)16-18-9-3-1-4-10-18/h1-14,20,22,24,28H,15-17H2/t20-,22-,24-/m0/s1. The third-order valence-corrected chi connectivity index (χ3v) is 5.77. The second kappa shape index (κ2) is 8.68. The molecule has 4 heteroatoms. The molecule has 3 atom stereocenters. The van der Waals surface area contributed by atoms with Gasteiger partial charge in [-0.15, -0.1) is 0 Å². The van der Waals surface area contributed by atoms with Gasteiger partial charge in [0, 0.05) is 35.7 Å². The molecule has 1 aliphatic rings. The van der Waals surface area contributed by atoms with Crippen LogP contribution in [0.1, 0.15) is 33.9 Å². The van der Waals surface area contributed by atoms with E-state index in [1.54, 1.807) is 30.3 Å². The molecule has 29 heavy (non-hydrogen) atoms. The van der Waals surface area contributed by atoms with Crippen molar-refractivity contribution in [3.8, 4) is 0 Å². The summed E-state index contributed by atoms with van der Waals surface area (Å²) in [4.78, 5) is 15.5. The molecule has 0 bridgehead atoms. The van der Waals surface area contributed by atoms with Crippen molar-refractivity contribution in [3.63, 3.8) is 0 Å². The number of hydrogen-bond acceptors (Lipinski definition) is 3. The smallest absolute Gasteiger partial charge is 0.167 e. The van der Waals surface area contributed by atoms with Crippen LogP contribution < -0.4 is 0 Å². The molecule has 0 amide bonds. The highest BCUT2D eigenvalue weighted by atomic mass is 19.1. The number of halogens is 1. The fourth-order valence-electron chi connectivity index (χ4n) is 4.39. The van der Waals surface area contributed by atoms with Crippen LogP contribution >= 0.6 is 0 Å². The van der Waals surface area contributed by atoms with Crippen LogP contribution in [-0.4, -0.2) is 28.4 Å². The van der Waals surface area contributed by atoms with Crippen LogP contribution in [0.25, 0.3) is 0 Å². The van der Waals surface area contributed by atoms with Crippen molar-refractivity contribution in [2.24, 2.45) is 5.92 Å². The maximum atomic E-state index is 14.8. The molecular formula is C25H24FNO2. The Balaban J connectivity index is 1.76. The van der Waals surface area contributed by atoms with Gasteiger partial charge >= 0.3 is 0 Å². The zero-order valence-corrected chi connectivity index (χ0v) is 16.1. The first-order valence-corrected chi connectivity index (χ1v) is 9.93. The molecule has 1 saturated heterocycles. The number of nitrogens with zero attached hydrogens (tertiary/aromatic N) is 1. The summed E-state index contributed by atoms with van der Waals surface area (Å²) in [6, 6.07) is 25.1. The first kappa shape index (κ1) is 19.5. The number of carbonyl (C=O) groups excluding carboxylic acids is 1. The van der Waals surface area contributed by atoms with Crippen LogP contribution in [0.5, 0.6) is 0 Å². The highest BCUT2D eigenvalue weighted by Crippen LogP contribution is 2.44. The summed E-state index contributed by atoms with van der Waals surface area (Å²) in [7, 11) is 0. The zero-order chi connectivity index (χ0) is 20.2. The van der Waals surface area contributed by atoms with Gasteiger partial charge < -0.3 is 5.11 Å². The van der Waals surface area contributed by atoms with E-state index < -0.39 is 12.0 Å². The number of Topliss-reactive ketones (excluding diaryl/α,β-unsaturated/α-hetero) is 1. The van der Waals surface area contributed by atoms with E-state index in [0.29, 0.717) is 24.1 Å². The molecule has 0 aliphatic carbocycles. The van der Waals surface area contributed by atoms with E-state index in [2.05, 4.69) is 4.90 Å². The number of ketones is 1. The van der Waals surface area contributed by atoms with Crippen LogP contribution in [0.15, 0.2) is 84.9 Å². The molecular weight excluding hydrogens is 365 g/mol. The Labute approximate surface area is 170 Å². The molecule has 0 aromatic heterocycles. The highest BCUT2D eigenvalue weighted by Gasteiger charge is 2.45. The van der Waals surface area contributed by atoms with Crippen LogP contribution in [0.2, 0.25) is 0 Å². The molecule has 148 valence electrons. The van der Waals surface area contributed by atoms with Gasteiger partial charge in [-0.05, 0) is 18.1 Å². The van der Waals surface area contributed by atoms with Crippen molar-refractivity contribution in [2.45, 2.75) is 25.0 Å². The zero-order valence-electron chi connectivity index (χ0n) is 16.1. The normalized spacial score (nSPS) is 21.9. The molecule has 3 nitrogen and oxygen atoms in total. The summed E-state index contributed by atoms with van der Waals surface area (Å²) in [6.45, 7) is 0.472. The Morgan fingerprint density at radius 1 is 0.931 bits per heavy atom. The Bertz CT molecular complexity index is 961. The fourth-order valence-corrected chi connectivity index (χ4v) is 4.39. The maximum Gasteiger partial charge on any atom is 0.167 e. The lowest BCUT2D eigenvalue weighted by Crippen LogP contribution is -2.35. The predicted molar refractivity (Wildman–Crippen MR) is 111 cm³/mol. The van der Waals surface area contributed by atoms with Crippen molar-refractivity contribution in [2.75, 3.05) is 6.61 Å². The molecule has 3 aromatic carbocycles. The molecule has 1 heterocycles. The van der Waals surface area contributed by atoms with E-state index in [1.807, 2.05) is 48.5 Å². The minimum Gasteiger partial charge on any atom is -0.395 e. The van der Waals surface area contributed by atoms with Crippen molar-refractivity contribution < 1.29 is 14.3 Å². The SMILES string of the molecule is O=C(c1ccccc1)[C@H]1C[C@@H](CO)N(Cc2ccccc2)[C@H]1c1ccccc1F. The topological polar surface area (TPSA) is 40.5 Å². The molecule has 1 aliphatic heterocycles. The third-order valence-electron chi connectivity index (χ3n) is 5.77. The third kappa shape index (κ3) is 4.00. The van der Waals surface area contributed by atoms with E-state index in [4.69, 9.17) is 0 Å². The van der Waals surface area contributed by atoms with E-state index in [0.717, 1.165) is 5.56 Å². The van der Waals surface area contributed by atoms with Crippen LogP contribution in [0.4, 0.5) is 4.39 Å². The second-order valence-electron chi connectivity index (χ2n) is 7.53. The van der Waals surface area contributed by atoms with Crippen LogP contribution in [0.3, 0.4) is 0 Å². The largest absolute Gasteiger partial charge is 0.395 e.